The maximum atomic E-state index is 10.1. The molecule has 0 bridgehead atoms. The summed E-state index contributed by atoms with van der Waals surface area (Å²) in [6.45, 7) is 7.33. The van der Waals surface area contributed by atoms with Crippen LogP contribution in [0.1, 0.15) is 40.5 Å². The Labute approximate surface area is 115 Å². The van der Waals surface area contributed by atoms with Crippen LogP contribution in [-0.2, 0) is 11.7 Å². The van der Waals surface area contributed by atoms with Gasteiger partial charge < -0.3 is 14.3 Å². The Morgan fingerprint density at radius 2 is 1.84 bits per heavy atom. The van der Waals surface area contributed by atoms with Gasteiger partial charge in [0.2, 0.25) is 0 Å². The number of fused-ring (bicyclic) bond motifs is 1. The maximum Gasteiger partial charge on any atom is 0.333 e. The lowest BCUT2D eigenvalue weighted by molar-refractivity contribution is -0.0893. The smallest absolute Gasteiger partial charge is 0.333 e. The number of rotatable bonds is 4. The molecule has 4 heteroatoms. The lowest BCUT2D eigenvalue weighted by atomic mass is 9.82. The summed E-state index contributed by atoms with van der Waals surface area (Å²) in [5.41, 5.74) is -0.451. The first kappa shape index (κ1) is 14.4. The molecule has 0 amide bonds. The Hall–Kier alpha value is -0.995. The highest BCUT2D eigenvalue weighted by molar-refractivity contribution is 6.47. The zero-order valence-electron chi connectivity index (χ0n) is 12.5. The Morgan fingerprint density at radius 3 is 2.47 bits per heavy atom. The van der Waals surface area contributed by atoms with Gasteiger partial charge in [-0.3, -0.25) is 0 Å². The minimum absolute atomic E-state index is 0.631. The molecule has 0 saturated carbocycles. The number of hydrogen-bond acceptors (Lipinski definition) is 2. The quantitative estimate of drug-likeness (QED) is 0.784. The number of aromatic nitrogens is 1. The molecule has 0 fully saturated rings. The van der Waals surface area contributed by atoms with Gasteiger partial charge in [0.25, 0.3) is 0 Å². The lowest BCUT2D eigenvalue weighted by Crippen LogP contribution is -2.51. The van der Waals surface area contributed by atoms with Crippen molar-refractivity contribution in [2.75, 3.05) is 0 Å². The molecule has 1 aromatic rings. The summed E-state index contributed by atoms with van der Waals surface area (Å²) in [5, 5.41) is 12.6. The van der Waals surface area contributed by atoms with Crippen LogP contribution in [0.15, 0.2) is 6.20 Å². The second-order valence-electron chi connectivity index (χ2n) is 6.28. The molecule has 0 unspecified atom stereocenters. The van der Waals surface area contributed by atoms with Crippen LogP contribution in [-0.4, -0.2) is 28.4 Å². The van der Waals surface area contributed by atoms with Gasteiger partial charge in [0.15, 0.2) is 0 Å². The van der Waals surface area contributed by atoms with E-state index in [1.807, 2.05) is 20.9 Å². The minimum atomic E-state index is -0.895. The molecule has 1 aliphatic carbocycles. The first-order chi connectivity index (χ1) is 8.72. The van der Waals surface area contributed by atoms with Gasteiger partial charge in [-0.1, -0.05) is 12.2 Å². The van der Waals surface area contributed by atoms with Crippen LogP contribution in [0, 0.1) is 0 Å². The molecule has 2 rings (SSSR count). The van der Waals surface area contributed by atoms with Crippen molar-refractivity contribution in [1.29, 1.82) is 0 Å². The molecule has 0 spiro atoms. The molecular formula is C15H23BNO2. The van der Waals surface area contributed by atoms with Gasteiger partial charge in [-0.15, -0.1) is 0 Å². The SMILES string of the molecule is Cn1cc([B]OC(C)(C)C(C)(C)O)c2c1=CCCC=2. The Balaban J connectivity index is 2.23. The van der Waals surface area contributed by atoms with E-state index in [1.54, 1.807) is 21.3 Å². The van der Waals surface area contributed by atoms with Crippen molar-refractivity contribution in [2.24, 2.45) is 7.05 Å². The van der Waals surface area contributed by atoms with Crippen LogP contribution in [0.2, 0.25) is 0 Å². The first-order valence-electron chi connectivity index (χ1n) is 6.81. The molecule has 19 heavy (non-hydrogen) atoms. The van der Waals surface area contributed by atoms with E-state index < -0.39 is 11.2 Å². The largest absolute Gasteiger partial charge is 0.427 e. The van der Waals surface area contributed by atoms with E-state index in [9.17, 15) is 5.11 Å². The topological polar surface area (TPSA) is 34.4 Å². The minimum Gasteiger partial charge on any atom is -0.427 e. The van der Waals surface area contributed by atoms with Crippen LogP contribution < -0.4 is 16.0 Å². The van der Waals surface area contributed by atoms with E-state index in [-0.39, 0.29) is 0 Å². The third-order valence-corrected chi connectivity index (χ3v) is 4.11. The molecule has 1 radical (unpaired) electrons. The molecule has 1 aromatic heterocycles. The predicted octanol–water partition coefficient (Wildman–Crippen LogP) is 0.191. The number of nitrogens with zero attached hydrogens (tertiary/aromatic N) is 1. The van der Waals surface area contributed by atoms with E-state index in [1.165, 1.54) is 10.6 Å². The van der Waals surface area contributed by atoms with Crippen LogP contribution in [0.3, 0.4) is 0 Å². The highest BCUT2D eigenvalue weighted by Gasteiger charge is 2.35. The molecule has 0 aliphatic heterocycles. The van der Waals surface area contributed by atoms with E-state index in [0.717, 1.165) is 18.3 Å². The molecule has 1 N–H and O–H groups in total. The molecule has 0 saturated heterocycles. The molecule has 103 valence electrons. The van der Waals surface area contributed by atoms with Gasteiger partial charge >= 0.3 is 7.48 Å². The van der Waals surface area contributed by atoms with Crippen molar-refractivity contribution in [2.45, 2.75) is 51.7 Å². The molecule has 0 aromatic carbocycles. The van der Waals surface area contributed by atoms with Gasteiger partial charge in [-0.25, -0.2) is 0 Å². The Morgan fingerprint density at radius 1 is 1.21 bits per heavy atom. The summed E-state index contributed by atoms with van der Waals surface area (Å²) in [5.74, 6) is 0. The zero-order valence-corrected chi connectivity index (χ0v) is 12.5. The number of aryl methyl sites for hydroxylation is 1. The predicted molar refractivity (Wildman–Crippen MR) is 79.7 cm³/mol. The van der Waals surface area contributed by atoms with E-state index >= 15 is 0 Å². The van der Waals surface area contributed by atoms with Crippen LogP contribution in [0.4, 0.5) is 0 Å². The normalized spacial score (nSPS) is 15.5. The summed E-state index contributed by atoms with van der Waals surface area (Å²) < 4.78 is 7.96. The summed E-state index contributed by atoms with van der Waals surface area (Å²) >= 11 is 0. The maximum absolute atomic E-state index is 10.1. The lowest BCUT2D eigenvalue weighted by Gasteiger charge is -2.37. The molecule has 1 heterocycles. The standard InChI is InChI=1S/C15H23BNO2/c1-14(2,18)15(3,4)19-16-12-10-17(5)13-9-7-6-8-11(12)13/h8-10,18H,6-7H2,1-5H3. The second kappa shape index (κ2) is 4.84. The third-order valence-electron chi connectivity index (χ3n) is 4.11. The molecular weight excluding hydrogens is 237 g/mol. The van der Waals surface area contributed by atoms with Gasteiger partial charge in [0.1, 0.15) is 0 Å². The average Bonchev–Trinajstić information content (AvgIpc) is 2.63. The van der Waals surface area contributed by atoms with Crippen LogP contribution >= 0.6 is 0 Å². The summed E-state index contributed by atoms with van der Waals surface area (Å²) in [6, 6.07) is 0. The monoisotopic (exact) mass is 260 g/mol. The summed E-state index contributed by atoms with van der Waals surface area (Å²) in [4.78, 5) is 0. The van der Waals surface area contributed by atoms with Crippen molar-refractivity contribution in [3.63, 3.8) is 0 Å². The first-order valence-corrected chi connectivity index (χ1v) is 6.81. The fourth-order valence-corrected chi connectivity index (χ4v) is 2.06. The Kier molecular flexibility index (Phi) is 3.67. The van der Waals surface area contributed by atoms with Crippen molar-refractivity contribution >= 4 is 25.1 Å². The summed E-state index contributed by atoms with van der Waals surface area (Å²) in [7, 11) is 3.82. The van der Waals surface area contributed by atoms with Crippen LogP contribution in [0.5, 0.6) is 0 Å². The van der Waals surface area contributed by atoms with Crippen molar-refractivity contribution < 1.29 is 9.76 Å². The zero-order chi connectivity index (χ0) is 14.3. The third kappa shape index (κ3) is 2.80. The van der Waals surface area contributed by atoms with Crippen molar-refractivity contribution in [3.8, 4) is 0 Å². The molecule has 1 aliphatic rings. The van der Waals surface area contributed by atoms with E-state index in [4.69, 9.17) is 4.65 Å². The van der Waals surface area contributed by atoms with Crippen LogP contribution in [0.25, 0.3) is 12.2 Å². The van der Waals surface area contributed by atoms with Crippen molar-refractivity contribution in [3.05, 3.63) is 16.8 Å². The fourth-order valence-electron chi connectivity index (χ4n) is 2.06. The van der Waals surface area contributed by atoms with Crippen molar-refractivity contribution in [1.82, 2.24) is 4.57 Å². The highest BCUT2D eigenvalue weighted by Crippen LogP contribution is 2.23. The highest BCUT2D eigenvalue weighted by atomic mass is 16.5. The second-order valence-corrected chi connectivity index (χ2v) is 6.28. The number of hydrogen-bond donors (Lipinski definition) is 1. The van der Waals surface area contributed by atoms with Gasteiger partial charge in [0.05, 0.1) is 11.2 Å². The Bertz CT molecular complexity index is 579. The van der Waals surface area contributed by atoms with Gasteiger partial charge in [-0.05, 0) is 51.2 Å². The van der Waals surface area contributed by atoms with E-state index in [0.29, 0.717) is 0 Å². The van der Waals surface area contributed by atoms with Gasteiger partial charge in [-0.2, -0.15) is 0 Å². The molecule has 3 nitrogen and oxygen atoms in total. The molecule has 0 atom stereocenters. The average molecular weight is 260 g/mol. The summed E-state index contributed by atoms with van der Waals surface area (Å²) in [6.07, 6.45) is 8.76. The fraction of sp³-hybridized carbons (Fsp3) is 0.600. The van der Waals surface area contributed by atoms with Gasteiger partial charge in [0, 0.05) is 18.6 Å². The number of aliphatic hydroxyl groups is 1. The van der Waals surface area contributed by atoms with E-state index in [2.05, 4.69) is 22.9 Å².